The molecule has 0 bridgehead atoms. The smallest absolute Gasteiger partial charge is 0.242 e. The molecule has 1 aliphatic rings. The molecule has 7 nitrogen and oxygen atoms in total. The van der Waals surface area contributed by atoms with Crippen molar-refractivity contribution < 1.29 is 4.79 Å². The number of carbonyl (C=O) groups is 1. The molecule has 0 radical (unpaired) electrons. The lowest BCUT2D eigenvalue weighted by molar-refractivity contribution is -0.121. The first-order valence-electron chi connectivity index (χ1n) is 9.02. The summed E-state index contributed by atoms with van der Waals surface area (Å²) in [6.07, 6.45) is 7.91. The Morgan fingerprint density at radius 2 is 1.96 bits per heavy atom. The van der Waals surface area contributed by atoms with E-state index in [1.54, 1.807) is 6.20 Å². The summed E-state index contributed by atoms with van der Waals surface area (Å²) < 4.78 is 3.69. The molecule has 25 heavy (non-hydrogen) atoms. The third-order valence-electron chi connectivity index (χ3n) is 5.06. The summed E-state index contributed by atoms with van der Waals surface area (Å²) in [6, 6.07) is 1.92. The Kier molecular flexibility index (Phi) is 5.22. The van der Waals surface area contributed by atoms with Crippen LogP contribution in [0.3, 0.4) is 0 Å². The third-order valence-corrected chi connectivity index (χ3v) is 5.06. The first-order valence-corrected chi connectivity index (χ1v) is 9.02. The molecule has 7 heteroatoms. The highest BCUT2D eigenvalue weighted by Gasteiger charge is 2.28. The number of amides is 1. The Labute approximate surface area is 149 Å². The number of piperidine rings is 1. The van der Waals surface area contributed by atoms with Gasteiger partial charge in [-0.2, -0.15) is 10.2 Å². The number of hydrogen-bond acceptors (Lipinski definition) is 4. The molecule has 3 heterocycles. The number of hydrogen-bond donors (Lipinski definition) is 1. The monoisotopic (exact) mass is 344 g/mol. The van der Waals surface area contributed by atoms with Crippen LogP contribution in [0.25, 0.3) is 0 Å². The SMILES string of the molecule is CC(C)n1nccc1NC(=O)[C@@H](C)N1CCC(c2cnn(C)c2)CC1. The van der Waals surface area contributed by atoms with Crippen molar-refractivity contribution in [2.45, 2.75) is 51.6 Å². The van der Waals surface area contributed by atoms with Gasteiger partial charge in [0.1, 0.15) is 5.82 Å². The molecule has 0 saturated carbocycles. The third kappa shape index (κ3) is 3.92. The molecule has 3 rings (SSSR count). The predicted octanol–water partition coefficient (Wildman–Crippen LogP) is 2.40. The van der Waals surface area contributed by atoms with Gasteiger partial charge in [0, 0.05) is 25.4 Å². The fourth-order valence-corrected chi connectivity index (χ4v) is 3.49. The van der Waals surface area contributed by atoms with Crippen molar-refractivity contribution in [3.8, 4) is 0 Å². The fourth-order valence-electron chi connectivity index (χ4n) is 3.49. The molecule has 1 saturated heterocycles. The normalized spacial score (nSPS) is 17.8. The van der Waals surface area contributed by atoms with Crippen molar-refractivity contribution in [1.82, 2.24) is 24.5 Å². The van der Waals surface area contributed by atoms with Crippen LogP contribution in [0, 0.1) is 0 Å². The fraction of sp³-hybridized carbons (Fsp3) is 0.611. The van der Waals surface area contributed by atoms with E-state index in [0.29, 0.717) is 5.92 Å². The van der Waals surface area contributed by atoms with Crippen molar-refractivity contribution in [3.63, 3.8) is 0 Å². The Bertz CT molecular complexity index is 711. The van der Waals surface area contributed by atoms with E-state index in [4.69, 9.17) is 0 Å². The highest BCUT2D eigenvalue weighted by molar-refractivity contribution is 5.93. The number of likely N-dealkylation sites (tertiary alicyclic amines) is 1. The van der Waals surface area contributed by atoms with Gasteiger partial charge in [0.2, 0.25) is 5.91 Å². The van der Waals surface area contributed by atoms with E-state index in [-0.39, 0.29) is 18.0 Å². The topological polar surface area (TPSA) is 68.0 Å². The van der Waals surface area contributed by atoms with Gasteiger partial charge < -0.3 is 5.32 Å². The van der Waals surface area contributed by atoms with E-state index >= 15 is 0 Å². The van der Waals surface area contributed by atoms with E-state index in [9.17, 15) is 4.79 Å². The molecule has 136 valence electrons. The molecule has 0 unspecified atom stereocenters. The quantitative estimate of drug-likeness (QED) is 0.904. The van der Waals surface area contributed by atoms with Gasteiger partial charge in [-0.15, -0.1) is 0 Å². The van der Waals surface area contributed by atoms with Crippen LogP contribution in [-0.2, 0) is 11.8 Å². The standard InChI is InChI=1S/C18H28N6O/c1-13(2)24-17(5-8-19-24)21-18(25)14(3)23-9-6-15(7-10-23)16-11-20-22(4)12-16/h5,8,11-15H,6-7,9-10H2,1-4H3,(H,21,25)/t14-/m1/s1. The Balaban J connectivity index is 1.55. The Hall–Kier alpha value is -2.15. The van der Waals surface area contributed by atoms with E-state index in [2.05, 4.69) is 40.5 Å². The minimum absolute atomic E-state index is 0.0298. The van der Waals surface area contributed by atoms with E-state index in [0.717, 1.165) is 31.7 Å². The summed E-state index contributed by atoms with van der Waals surface area (Å²) in [5.41, 5.74) is 1.31. The minimum Gasteiger partial charge on any atom is -0.310 e. The highest BCUT2D eigenvalue weighted by Crippen LogP contribution is 2.28. The van der Waals surface area contributed by atoms with Crippen LogP contribution in [0.4, 0.5) is 5.82 Å². The van der Waals surface area contributed by atoms with E-state index in [1.165, 1.54) is 5.56 Å². The predicted molar refractivity (Wildman–Crippen MR) is 97.5 cm³/mol. The molecule has 1 aliphatic heterocycles. The molecule has 1 N–H and O–H groups in total. The minimum atomic E-state index is -0.148. The number of nitrogens with one attached hydrogen (secondary N) is 1. The molecule has 0 aliphatic carbocycles. The molecule has 1 amide bonds. The summed E-state index contributed by atoms with van der Waals surface area (Å²) in [7, 11) is 1.95. The average Bonchev–Trinajstić information content (AvgIpc) is 3.23. The van der Waals surface area contributed by atoms with E-state index < -0.39 is 0 Å². The second kappa shape index (κ2) is 7.39. The Morgan fingerprint density at radius 1 is 1.24 bits per heavy atom. The van der Waals surface area contributed by atoms with Crippen LogP contribution in [0.1, 0.15) is 51.1 Å². The van der Waals surface area contributed by atoms with Gasteiger partial charge in [-0.05, 0) is 58.2 Å². The van der Waals surface area contributed by atoms with Gasteiger partial charge in [0.05, 0.1) is 18.4 Å². The molecular formula is C18H28N6O. The molecular weight excluding hydrogens is 316 g/mol. The lowest BCUT2D eigenvalue weighted by atomic mass is 9.91. The molecule has 0 aromatic carbocycles. The summed E-state index contributed by atoms with van der Waals surface area (Å²) in [4.78, 5) is 14.9. The van der Waals surface area contributed by atoms with Crippen LogP contribution < -0.4 is 5.32 Å². The number of aryl methyl sites for hydroxylation is 1. The maximum absolute atomic E-state index is 12.6. The lowest BCUT2D eigenvalue weighted by Gasteiger charge is -2.35. The van der Waals surface area contributed by atoms with E-state index in [1.807, 2.05) is 35.6 Å². The summed E-state index contributed by atoms with van der Waals surface area (Å²) in [5, 5.41) is 11.6. The van der Waals surface area contributed by atoms with Gasteiger partial charge in [-0.1, -0.05) is 0 Å². The van der Waals surface area contributed by atoms with Gasteiger partial charge >= 0.3 is 0 Å². The van der Waals surface area contributed by atoms with Crippen LogP contribution in [0.15, 0.2) is 24.7 Å². The second-order valence-electron chi connectivity index (χ2n) is 7.18. The van der Waals surface area contributed by atoms with Gasteiger partial charge in [0.25, 0.3) is 0 Å². The van der Waals surface area contributed by atoms with Gasteiger partial charge in [0.15, 0.2) is 0 Å². The maximum Gasteiger partial charge on any atom is 0.242 e. The number of anilines is 1. The molecule has 2 aromatic rings. The zero-order chi connectivity index (χ0) is 18.0. The number of carbonyl (C=O) groups excluding carboxylic acids is 1. The van der Waals surface area contributed by atoms with Gasteiger partial charge in [-0.3, -0.25) is 14.4 Å². The van der Waals surface area contributed by atoms with Crippen molar-refractivity contribution in [1.29, 1.82) is 0 Å². The zero-order valence-electron chi connectivity index (χ0n) is 15.5. The van der Waals surface area contributed by atoms with Crippen LogP contribution in [0.5, 0.6) is 0 Å². The summed E-state index contributed by atoms with van der Waals surface area (Å²) >= 11 is 0. The van der Waals surface area contributed by atoms with Crippen molar-refractivity contribution in [2.75, 3.05) is 18.4 Å². The van der Waals surface area contributed by atoms with Gasteiger partial charge in [-0.25, -0.2) is 4.68 Å². The highest BCUT2D eigenvalue weighted by atomic mass is 16.2. The number of aromatic nitrogens is 4. The zero-order valence-corrected chi connectivity index (χ0v) is 15.5. The van der Waals surface area contributed by atoms with Crippen LogP contribution in [0.2, 0.25) is 0 Å². The number of nitrogens with zero attached hydrogens (tertiary/aromatic N) is 5. The molecule has 0 spiro atoms. The first kappa shape index (κ1) is 17.7. The molecule has 2 aromatic heterocycles. The first-order chi connectivity index (χ1) is 12.0. The largest absolute Gasteiger partial charge is 0.310 e. The van der Waals surface area contributed by atoms with Crippen molar-refractivity contribution in [3.05, 3.63) is 30.2 Å². The van der Waals surface area contributed by atoms with Crippen molar-refractivity contribution in [2.24, 2.45) is 7.05 Å². The lowest BCUT2D eigenvalue weighted by Crippen LogP contribution is -2.46. The average molecular weight is 344 g/mol. The van der Waals surface area contributed by atoms with Crippen LogP contribution in [-0.4, -0.2) is 49.5 Å². The van der Waals surface area contributed by atoms with Crippen molar-refractivity contribution >= 4 is 11.7 Å². The van der Waals surface area contributed by atoms with Crippen LogP contribution >= 0.6 is 0 Å². The summed E-state index contributed by atoms with van der Waals surface area (Å²) in [5.74, 6) is 1.34. The molecule has 1 atom stereocenters. The molecule has 1 fully saturated rings. The summed E-state index contributed by atoms with van der Waals surface area (Å²) in [6.45, 7) is 7.94. The maximum atomic E-state index is 12.6. The number of rotatable bonds is 5. The second-order valence-corrected chi connectivity index (χ2v) is 7.18. The Morgan fingerprint density at radius 3 is 2.56 bits per heavy atom.